The predicted octanol–water partition coefficient (Wildman–Crippen LogP) is 4.45. The van der Waals surface area contributed by atoms with Gasteiger partial charge in [0.2, 0.25) is 5.82 Å². The molecular weight excluding hydrogens is 359 g/mol. The fourth-order valence-corrected chi connectivity index (χ4v) is 2.73. The van der Waals surface area contributed by atoms with Crippen molar-refractivity contribution in [1.82, 2.24) is 19.5 Å². The Balaban J connectivity index is 1.97. The van der Waals surface area contributed by atoms with Gasteiger partial charge in [-0.05, 0) is 18.6 Å². The van der Waals surface area contributed by atoms with E-state index in [2.05, 4.69) is 27.2 Å². The summed E-state index contributed by atoms with van der Waals surface area (Å²) in [5, 5.41) is 3.11. The minimum absolute atomic E-state index is 0.0501. The van der Waals surface area contributed by atoms with Gasteiger partial charge in [0.25, 0.3) is 0 Å². The quantitative estimate of drug-likeness (QED) is 0.615. The van der Waals surface area contributed by atoms with Gasteiger partial charge in [0.1, 0.15) is 11.6 Å². The highest BCUT2D eigenvalue weighted by Crippen LogP contribution is 2.34. The third-order valence-electron chi connectivity index (χ3n) is 4.07. The Morgan fingerprint density at radius 1 is 1.15 bits per heavy atom. The summed E-state index contributed by atoms with van der Waals surface area (Å²) in [6.07, 6.45) is 1.29. The Labute approximate surface area is 154 Å². The highest BCUT2D eigenvalue weighted by molar-refractivity contribution is 5.79. The van der Waals surface area contributed by atoms with Crippen LogP contribution in [0, 0.1) is 0 Å². The van der Waals surface area contributed by atoms with Gasteiger partial charge in [0, 0.05) is 12.6 Å². The van der Waals surface area contributed by atoms with Crippen LogP contribution in [0.4, 0.5) is 19.0 Å². The number of nitrogens with zero attached hydrogens (tertiary/aromatic N) is 4. The number of hydrogen-bond donors (Lipinski definition) is 1. The van der Waals surface area contributed by atoms with E-state index in [1.54, 1.807) is 6.07 Å². The summed E-state index contributed by atoms with van der Waals surface area (Å²) in [6.45, 7) is 2.85. The zero-order valence-corrected chi connectivity index (χ0v) is 15.0. The van der Waals surface area contributed by atoms with E-state index >= 15 is 0 Å². The number of halogens is 3. The molecule has 0 amide bonds. The van der Waals surface area contributed by atoms with Crippen LogP contribution in [-0.2, 0) is 6.18 Å². The number of ether oxygens (including phenoxy) is 1. The third kappa shape index (κ3) is 4.12. The summed E-state index contributed by atoms with van der Waals surface area (Å²) in [6, 6.07) is 4.56. The van der Waals surface area contributed by atoms with Crippen molar-refractivity contribution in [1.29, 1.82) is 0 Å². The predicted molar refractivity (Wildman–Crippen MR) is 96.2 cm³/mol. The Kier molecular flexibility index (Phi) is 5.48. The molecule has 1 N–H and O–H groups in total. The van der Waals surface area contributed by atoms with Crippen LogP contribution in [0.2, 0.25) is 0 Å². The first-order valence-corrected chi connectivity index (χ1v) is 8.64. The zero-order valence-electron chi connectivity index (χ0n) is 15.0. The molecule has 0 fully saturated rings. The van der Waals surface area contributed by atoms with Crippen molar-refractivity contribution in [3.8, 4) is 11.6 Å². The number of hydrogen-bond acceptors (Lipinski definition) is 5. The van der Waals surface area contributed by atoms with Gasteiger partial charge in [-0.25, -0.2) is 15.0 Å². The highest BCUT2D eigenvalue weighted by atomic mass is 19.4. The number of alkyl halides is 3. The summed E-state index contributed by atoms with van der Waals surface area (Å²) >= 11 is 0. The van der Waals surface area contributed by atoms with Crippen LogP contribution in [-0.4, -0.2) is 33.2 Å². The fraction of sp³-hybridized carbons (Fsp3) is 0.389. The maximum absolute atomic E-state index is 13.5. The van der Waals surface area contributed by atoms with Crippen LogP contribution in [0.25, 0.3) is 16.9 Å². The average Bonchev–Trinajstić information content (AvgIpc) is 3.05. The van der Waals surface area contributed by atoms with Crippen molar-refractivity contribution in [2.24, 2.45) is 0 Å². The maximum Gasteiger partial charge on any atom is 0.450 e. The van der Waals surface area contributed by atoms with E-state index in [0.717, 1.165) is 30.4 Å². The highest BCUT2D eigenvalue weighted by Gasteiger charge is 2.38. The smallest absolute Gasteiger partial charge is 0.450 e. The summed E-state index contributed by atoms with van der Waals surface area (Å²) in [5.74, 6) is -0.0501. The van der Waals surface area contributed by atoms with Crippen molar-refractivity contribution < 1.29 is 17.9 Å². The first-order valence-electron chi connectivity index (χ1n) is 8.64. The molecule has 1 aromatic carbocycles. The molecule has 0 radical (unpaired) electrons. The van der Waals surface area contributed by atoms with E-state index < -0.39 is 12.0 Å². The number of rotatable bonds is 7. The summed E-state index contributed by atoms with van der Waals surface area (Å²) < 4.78 is 46.5. The molecule has 3 aromatic rings. The molecule has 144 valence electrons. The van der Waals surface area contributed by atoms with E-state index in [1.165, 1.54) is 31.6 Å². The Hall–Kier alpha value is -2.84. The largest absolute Gasteiger partial charge is 0.497 e. The normalized spacial score (nSPS) is 11.7. The standard InChI is InChI=1S/C18H20F3N5O/c1-3-4-5-8-22-15-10-24-16(11-23-15)26-14-7-6-12(27-2)9-13(14)25-17(26)18(19,20)21/h6-7,9-11H,3-5,8H2,1-2H3,(H,22,23). The minimum Gasteiger partial charge on any atom is -0.497 e. The average molecular weight is 379 g/mol. The number of benzene rings is 1. The molecule has 2 heterocycles. The van der Waals surface area contributed by atoms with Crippen molar-refractivity contribution in [3.05, 3.63) is 36.4 Å². The van der Waals surface area contributed by atoms with E-state index in [4.69, 9.17) is 4.74 Å². The van der Waals surface area contributed by atoms with Crippen molar-refractivity contribution in [3.63, 3.8) is 0 Å². The van der Waals surface area contributed by atoms with Crippen LogP contribution >= 0.6 is 0 Å². The third-order valence-corrected chi connectivity index (χ3v) is 4.07. The molecule has 0 bridgehead atoms. The maximum atomic E-state index is 13.5. The van der Waals surface area contributed by atoms with Gasteiger partial charge in [0.15, 0.2) is 5.82 Å². The van der Waals surface area contributed by atoms with Crippen molar-refractivity contribution in [2.75, 3.05) is 19.0 Å². The lowest BCUT2D eigenvalue weighted by Crippen LogP contribution is -2.15. The molecule has 0 aliphatic carbocycles. The van der Waals surface area contributed by atoms with E-state index in [-0.39, 0.29) is 16.9 Å². The molecule has 0 saturated heterocycles. The number of methoxy groups -OCH3 is 1. The van der Waals surface area contributed by atoms with Gasteiger partial charge in [-0.3, -0.25) is 4.57 Å². The first-order chi connectivity index (χ1) is 12.9. The molecule has 0 aliphatic rings. The van der Waals surface area contributed by atoms with Crippen LogP contribution in [0.15, 0.2) is 30.6 Å². The number of aromatic nitrogens is 4. The number of imidazole rings is 1. The van der Waals surface area contributed by atoms with Crippen LogP contribution in [0.5, 0.6) is 5.75 Å². The van der Waals surface area contributed by atoms with Gasteiger partial charge in [0.05, 0.1) is 30.5 Å². The second kappa shape index (κ2) is 7.81. The van der Waals surface area contributed by atoms with Gasteiger partial charge in [-0.2, -0.15) is 13.2 Å². The molecule has 0 unspecified atom stereocenters. The molecule has 0 saturated carbocycles. The Morgan fingerprint density at radius 2 is 1.96 bits per heavy atom. The summed E-state index contributed by atoms with van der Waals surface area (Å²) in [5.41, 5.74) is 0.450. The lowest BCUT2D eigenvalue weighted by atomic mass is 10.2. The van der Waals surface area contributed by atoms with Gasteiger partial charge >= 0.3 is 6.18 Å². The molecule has 9 heteroatoms. The molecule has 2 aromatic heterocycles. The lowest BCUT2D eigenvalue weighted by molar-refractivity contribution is -0.145. The van der Waals surface area contributed by atoms with Crippen LogP contribution in [0.1, 0.15) is 32.0 Å². The van der Waals surface area contributed by atoms with Crippen molar-refractivity contribution in [2.45, 2.75) is 32.4 Å². The Bertz CT molecular complexity index is 906. The number of fused-ring (bicyclic) bond motifs is 1. The molecule has 0 aliphatic heterocycles. The molecule has 0 spiro atoms. The lowest BCUT2D eigenvalue weighted by Gasteiger charge is -2.11. The molecule has 3 rings (SSSR count). The van der Waals surface area contributed by atoms with Gasteiger partial charge in [-0.1, -0.05) is 19.8 Å². The van der Waals surface area contributed by atoms with Crippen LogP contribution in [0.3, 0.4) is 0 Å². The molecule has 27 heavy (non-hydrogen) atoms. The topological polar surface area (TPSA) is 64.9 Å². The van der Waals surface area contributed by atoms with E-state index in [9.17, 15) is 13.2 Å². The molecule has 6 nitrogen and oxygen atoms in total. The second-order valence-electron chi connectivity index (χ2n) is 6.02. The molecule has 0 atom stereocenters. The van der Waals surface area contributed by atoms with E-state index in [1.807, 2.05) is 0 Å². The fourth-order valence-electron chi connectivity index (χ4n) is 2.73. The van der Waals surface area contributed by atoms with Gasteiger partial charge < -0.3 is 10.1 Å². The monoisotopic (exact) mass is 379 g/mol. The number of unbranched alkanes of at least 4 members (excludes halogenated alkanes) is 2. The van der Waals surface area contributed by atoms with Crippen LogP contribution < -0.4 is 10.1 Å². The molecular formula is C18H20F3N5O. The van der Waals surface area contributed by atoms with Crippen molar-refractivity contribution >= 4 is 16.9 Å². The number of anilines is 1. The minimum atomic E-state index is -4.63. The Morgan fingerprint density at radius 3 is 2.59 bits per heavy atom. The van der Waals surface area contributed by atoms with Gasteiger partial charge in [-0.15, -0.1) is 0 Å². The zero-order chi connectivity index (χ0) is 19.4. The number of nitrogens with one attached hydrogen (secondary N) is 1. The SMILES string of the molecule is CCCCCNc1cnc(-n2c(C(F)(F)F)nc3cc(OC)ccc32)cn1. The summed E-state index contributed by atoms with van der Waals surface area (Å²) in [7, 11) is 1.44. The summed E-state index contributed by atoms with van der Waals surface area (Å²) in [4.78, 5) is 12.1. The van der Waals surface area contributed by atoms with E-state index in [0.29, 0.717) is 11.6 Å². The second-order valence-corrected chi connectivity index (χ2v) is 6.02. The first kappa shape index (κ1) is 18.9.